The monoisotopic (exact) mass is 303 g/mol. The van der Waals surface area contributed by atoms with Gasteiger partial charge in [0.25, 0.3) is 0 Å². The lowest BCUT2D eigenvalue weighted by Crippen LogP contribution is -2.37. The maximum absolute atomic E-state index is 3.77. The second-order valence-corrected chi connectivity index (χ2v) is 12.9. The van der Waals surface area contributed by atoms with Gasteiger partial charge in [-0.05, 0) is 31.2 Å². The lowest BCUT2D eigenvalue weighted by atomic mass is 9.93. The number of hydrogen-bond donors (Lipinski definition) is 1. The molecule has 0 spiro atoms. The fraction of sp³-hybridized carbons (Fsp3) is 0.684. The predicted molar refractivity (Wildman–Crippen MR) is 96.9 cm³/mol. The lowest BCUT2D eigenvalue weighted by molar-refractivity contribution is 0.336. The second-order valence-electron chi connectivity index (χ2n) is 7.87. The minimum atomic E-state index is -1.15. The lowest BCUT2D eigenvalue weighted by Gasteiger charge is -2.24. The summed E-state index contributed by atoms with van der Waals surface area (Å²) in [6.45, 7) is 10.6. The molecule has 0 amide bonds. The molecule has 0 saturated heterocycles. The summed E-state index contributed by atoms with van der Waals surface area (Å²) in [5.41, 5.74) is 1.43. The maximum atomic E-state index is 3.77. The van der Waals surface area contributed by atoms with Gasteiger partial charge in [-0.15, -0.1) is 0 Å². The Morgan fingerprint density at radius 1 is 1.00 bits per heavy atom. The summed E-state index contributed by atoms with van der Waals surface area (Å²) in [6, 6.07) is 9.99. The first-order chi connectivity index (χ1) is 9.97. The van der Waals surface area contributed by atoms with Crippen LogP contribution in [0, 0.1) is 5.92 Å². The summed E-state index contributed by atoms with van der Waals surface area (Å²) < 4.78 is 0. The molecule has 21 heavy (non-hydrogen) atoms. The average Bonchev–Trinajstić information content (AvgIpc) is 2.73. The van der Waals surface area contributed by atoms with Gasteiger partial charge in [0.2, 0.25) is 0 Å². The van der Waals surface area contributed by atoms with Crippen LogP contribution in [0.1, 0.15) is 51.0 Å². The Balaban J connectivity index is 1.84. The minimum absolute atomic E-state index is 0.653. The van der Waals surface area contributed by atoms with Crippen molar-refractivity contribution in [3.63, 3.8) is 0 Å². The van der Waals surface area contributed by atoms with Crippen LogP contribution >= 0.6 is 0 Å². The van der Waals surface area contributed by atoms with Crippen LogP contribution in [0.15, 0.2) is 24.3 Å². The zero-order chi connectivity index (χ0) is 15.3. The first-order valence-electron chi connectivity index (χ1n) is 8.79. The maximum Gasteiger partial charge on any atom is 0.0775 e. The molecule has 0 bridgehead atoms. The van der Waals surface area contributed by atoms with E-state index in [1.807, 2.05) is 0 Å². The molecule has 0 unspecified atom stereocenters. The van der Waals surface area contributed by atoms with Crippen molar-refractivity contribution in [3.8, 4) is 0 Å². The van der Waals surface area contributed by atoms with Crippen LogP contribution in [0.25, 0.3) is 0 Å². The third-order valence-corrected chi connectivity index (χ3v) is 7.12. The zero-order valence-corrected chi connectivity index (χ0v) is 15.4. The van der Waals surface area contributed by atoms with E-state index in [1.165, 1.54) is 44.1 Å². The van der Waals surface area contributed by atoms with Gasteiger partial charge in [0.15, 0.2) is 0 Å². The average molecular weight is 304 g/mol. The molecule has 0 radical (unpaired) electrons. The fourth-order valence-electron chi connectivity index (χ4n) is 3.38. The quantitative estimate of drug-likeness (QED) is 0.615. The van der Waals surface area contributed by atoms with Crippen molar-refractivity contribution in [3.05, 3.63) is 29.8 Å². The van der Waals surface area contributed by atoms with Gasteiger partial charge in [-0.1, -0.05) is 74.8 Å². The Morgan fingerprint density at radius 2 is 1.57 bits per heavy atom. The molecule has 2 rings (SSSR count). The third-order valence-electron chi connectivity index (χ3n) is 5.06. The van der Waals surface area contributed by atoms with Gasteiger partial charge in [0.05, 0.1) is 8.07 Å². The van der Waals surface area contributed by atoms with Crippen LogP contribution < -0.4 is 10.5 Å². The summed E-state index contributed by atoms with van der Waals surface area (Å²) in [7, 11) is -1.15. The standard InChI is InChI=1S/C19H33NSi/c1-16(18-9-7-5-6-8-10-18)20-15-17-11-13-19(14-12-17)21(2,3)4/h11-14,16,18,20H,5-10,15H2,1-4H3/t16-/m0/s1. The SMILES string of the molecule is C[C@H](NCc1ccc([Si](C)(C)C)cc1)C1CCCCCC1. The number of benzene rings is 1. The summed E-state index contributed by atoms with van der Waals surface area (Å²) in [6.07, 6.45) is 8.59. The summed E-state index contributed by atoms with van der Waals surface area (Å²) in [4.78, 5) is 0. The highest BCUT2D eigenvalue weighted by atomic mass is 28.3. The number of nitrogens with one attached hydrogen (secondary N) is 1. The van der Waals surface area contributed by atoms with Crippen molar-refractivity contribution in [2.24, 2.45) is 5.92 Å². The Kier molecular flexibility index (Phi) is 6.06. The summed E-state index contributed by atoms with van der Waals surface area (Å²) >= 11 is 0. The molecule has 1 nitrogen and oxygen atoms in total. The van der Waals surface area contributed by atoms with Gasteiger partial charge in [-0.2, -0.15) is 0 Å². The summed E-state index contributed by atoms with van der Waals surface area (Å²) in [5.74, 6) is 0.883. The zero-order valence-electron chi connectivity index (χ0n) is 14.4. The Hall–Kier alpha value is -0.603. The first-order valence-corrected chi connectivity index (χ1v) is 12.3. The molecule has 1 fully saturated rings. The van der Waals surface area contributed by atoms with E-state index in [0.717, 1.165) is 12.5 Å². The fourth-order valence-corrected chi connectivity index (χ4v) is 4.55. The molecule has 1 aliphatic rings. The molecule has 1 aromatic carbocycles. The van der Waals surface area contributed by atoms with Gasteiger partial charge >= 0.3 is 0 Å². The van der Waals surface area contributed by atoms with E-state index in [2.05, 4.69) is 56.1 Å². The molecule has 1 aliphatic carbocycles. The van der Waals surface area contributed by atoms with Gasteiger partial charge < -0.3 is 5.32 Å². The van der Waals surface area contributed by atoms with Crippen LogP contribution in [0.3, 0.4) is 0 Å². The van der Waals surface area contributed by atoms with Crippen LogP contribution in [0.4, 0.5) is 0 Å². The van der Waals surface area contributed by atoms with E-state index < -0.39 is 8.07 Å². The molecule has 1 saturated carbocycles. The minimum Gasteiger partial charge on any atom is -0.310 e. The van der Waals surface area contributed by atoms with Crippen LogP contribution in [-0.2, 0) is 6.54 Å². The van der Waals surface area contributed by atoms with E-state index in [9.17, 15) is 0 Å². The van der Waals surface area contributed by atoms with E-state index >= 15 is 0 Å². The number of hydrogen-bond acceptors (Lipinski definition) is 1. The molecule has 118 valence electrons. The third kappa shape index (κ3) is 5.26. The van der Waals surface area contributed by atoms with Gasteiger partial charge in [0.1, 0.15) is 0 Å². The van der Waals surface area contributed by atoms with Crippen molar-refractivity contribution in [1.29, 1.82) is 0 Å². The second kappa shape index (κ2) is 7.60. The molecular weight excluding hydrogens is 270 g/mol. The van der Waals surface area contributed by atoms with Crippen molar-refractivity contribution < 1.29 is 0 Å². The Morgan fingerprint density at radius 3 is 2.10 bits per heavy atom. The highest BCUT2D eigenvalue weighted by Gasteiger charge is 2.19. The van der Waals surface area contributed by atoms with Crippen molar-refractivity contribution in [1.82, 2.24) is 5.32 Å². The number of rotatable bonds is 5. The van der Waals surface area contributed by atoms with Crippen LogP contribution in [0.5, 0.6) is 0 Å². The highest BCUT2D eigenvalue weighted by molar-refractivity contribution is 6.88. The smallest absolute Gasteiger partial charge is 0.0775 e. The molecule has 2 heteroatoms. The normalized spacial score (nSPS) is 19.2. The summed E-state index contributed by atoms with van der Waals surface area (Å²) in [5, 5.41) is 5.32. The molecule has 1 aromatic rings. The van der Waals surface area contributed by atoms with E-state index in [1.54, 1.807) is 5.19 Å². The predicted octanol–water partition coefficient (Wildman–Crippen LogP) is 4.68. The molecule has 1 N–H and O–H groups in total. The molecule has 0 heterocycles. The van der Waals surface area contributed by atoms with Crippen molar-refractivity contribution >= 4 is 13.3 Å². The molecule has 0 aromatic heterocycles. The Labute approximate surface area is 132 Å². The molecular formula is C19H33NSi. The van der Waals surface area contributed by atoms with E-state index in [-0.39, 0.29) is 0 Å². The van der Waals surface area contributed by atoms with Crippen molar-refractivity contribution in [2.45, 2.75) is 77.7 Å². The topological polar surface area (TPSA) is 12.0 Å². The van der Waals surface area contributed by atoms with Gasteiger partial charge in [-0.25, -0.2) is 0 Å². The first kappa shape index (κ1) is 16.8. The molecule has 0 aliphatic heterocycles. The van der Waals surface area contributed by atoms with Crippen molar-refractivity contribution in [2.75, 3.05) is 0 Å². The Bertz CT molecular complexity index is 410. The van der Waals surface area contributed by atoms with Gasteiger partial charge in [0, 0.05) is 12.6 Å². The van der Waals surface area contributed by atoms with Crippen LogP contribution in [-0.4, -0.2) is 14.1 Å². The molecule has 1 atom stereocenters. The van der Waals surface area contributed by atoms with Crippen LogP contribution in [0.2, 0.25) is 19.6 Å². The van der Waals surface area contributed by atoms with Gasteiger partial charge in [-0.3, -0.25) is 0 Å². The van der Waals surface area contributed by atoms with E-state index in [4.69, 9.17) is 0 Å². The van der Waals surface area contributed by atoms with E-state index in [0.29, 0.717) is 6.04 Å². The largest absolute Gasteiger partial charge is 0.310 e. The highest BCUT2D eigenvalue weighted by Crippen LogP contribution is 2.25.